The molecule has 1 aliphatic rings. The van der Waals surface area contributed by atoms with Gasteiger partial charge < -0.3 is 10.1 Å². The highest BCUT2D eigenvalue weighted by Crippen LogP contribution is 2.30. The second kappa shape index (κ2) is 8.12. The van der Waals surface area contributed by atoms with E-state index >= 15 is 0 Å². The van der Waals surface area contributed by atoms with Crippen molar-refractivity contribution in [3.63, 3.8) is 0 Å². The van der Waals surface area contributed by atoms with Crippen LogP contribution in [0.15, 0.2) is 0 Å². The molecule has 1 saturated carbocycles. The van der Waals surface area contributed by atoms with Gasteiger partial charge in [-0.15, -0.1) is 0 Å². The van der Waals surface area contributed by atoms with Gasteiger partial charge in [0.2, 0.25) is 0 Å². The van der Waals surface area contributed by atoms with Crippen LogP contribution in [-0.2, 0) is 4.74 Å². The first-order chi connectivity index (χ1) is 7.36. The summed E-state index contributed by atoms with van der Waals surface area (Å²) in [6, 6.07) is 0.599. The predicted molar refractivity (Wildman–Crippen MR) is 65.1 cm³/mol. The molecule has 0 spiro atoms. The van der Waals surface area contributed by atoms with Gasteiger partial charge in [-0.3, -0.25) is 0 Å². The summed E-state index contributed by atoms with van der Waals surface area (Å²) < 4.78 is 5.65. The van der Waals surface area contributed by atoms with Crippen molar-refractivity contribution in [2.45, 2.75) is 58.4 Å². The van der Waals surface area contributed by atoms with Gasteiger partial charge in [0.15, 0.2) is 0 Å². The summed E-state index contributed by atoms with van der Waals surface area (Å²) in [4.78, 5) is 0. The second-order valence-electron chi connectivity index (χ2n) is 4.76. The Morgan fingerprint density at radius 3 is 2.60 bits per heavy atom. The third-order valence-corrected chi connectivity index (χ3v) is 3.19. The highest BCUT2D eigenvalue weighted by Gasteiger charge is 2.21. The molecule has 2 heteroatoms. The summed E-state index contributed by atoms with van der Waals surface area (Å²) >= 11 is 0. The molecular weight excluding hydrogens is 186 g/mol. The number of hydrogen-bond acceptors (Lipinski definition) is 2. The van der Waals surface area contributed by atoms with Crippen LogP contribution in [0, 0.1) is 5.92 Å². The van der Waals surface area contributed by atoms with Crippen molar-refractivity contribution in [1.82, 2.24) is 5.32 Å². The molecule has 0 bridgehead atoms. The molecule has 0 aromatic carbocycles. The van der Waals surface area contributed by atoms with Crippen LogP contribution in [0.3, 0.4) is 0 Å². The van der Waals surface area contributed by atoms with E-state index in [9.17, 15) is 0 Å². The van der Waals surface area contributed by atoms with Crippen molar-refractivity contribution in [1.29, 1.82) is 0 Å². The smallest absolute Gasteiger partial charge is 0.0619 e. The Bertz CT molecular complexity index is 145. The van der Waals surface area contributed by atoms with E-state index in [2.05, 4.69) is 19.2 Å². The molecule has 1 fully saturated rings. The molecule has 0 heterocycles. The monoisotopic (exact) mass is 213 g/mol. The summed E-state index contributed by atoms with van der Waals surface area (Å²) in [5.41, 5.74) is 0. The van der Waals surface area contributed by atoms with Crippen molar-refractivity contribution in [2.24, 2.45) is 5.92 Å². The number of ether oxygens (including phenoxy) is 1. The average Bonchev–Trinajstić information content (AvgIpc) is 2.19. The fourth-order valence-electron chi connectivity index (χ4n) is 2.06. The lowest BCUT2D eigenvalue weighted by molar-refractivity contribution is 0.0972. The second-order valence-corrected chi connectivity index (χ2v) is 4.76. The highest BCUT2D eigenvalue weighted by atomic mass is 16.5. The summed E-state index contributed by atoms with van der Waals surface area (Å²) in [7, 11) is 0. The zero-order chi connectivity index (χ0) is 10.9. The van der Waals surface area contributed by atoms with E-state index in [4.69, 9.17) is 4.74 Å². The summed E-state index contributed by atoms with van der Waals surface area (Å²) in [5, 5.41) is 3.60. The summed E-state index contributed by atoms with van der Waals surface area (Å²) in [6.07, 6.45) is 8.00. The zero-order valence-electron chi connectivity index (χ0n) is 10.4. The standard InChI is InChI=1S/C13H27NO/c1-3-8-14-13(11-15-9-4-2)10-12-6-5-7-12/h12-14H,3-11H2,1-2H3. The quantitative estimate of drug-likeness (QED) is 0.595. The van der Waals surface area contributed by atoms with Gasteiger partial charge in [0.25, 0.3) is 0 Å². The van der Waals surface area contributed by atoms with Crippen LogP contribution < -0.4 is 5.32 Å². The molecule has 0 radical (unpaired) electrons. The van der Waals surface area contributed by atoms with Crippen molar-refractivity contribution in [3.05, 3.63) is 0 Å². The maximum atomic E-state index is 5.65. The Morgan fingerprint density at radius 2 is 2.07 bits per heavy atom. The van der Waals surface area contributed by atoms with E-state index in [0.717, 1.165) is 32.1 Å². The van der Waals surface area contributed by atoms with Crippen LogP contribution in [-0.4, -0.2) is 25.8 Å². The normalized spacial score (nSPS) is 18.8. The van der Waals surface area contributed by atoms with Crippen molar-refractivity contribution >= 4 is 0 Å². The third kappa shape index (κ3) is 5.53. The molecule has 1 unspecified atom stereocenters. The molecule has 1 rings (SSSR count). The number of nitrogens with one attached hydrogen (secondary N) is 1. The summed E-state index contributed by atoms with van der Waals surface area (Å²) in [5.74, 6) is 0.976. The largest absolute Gasteiger partial charge is 0.380 e. The van der Waals surface area contributed by atoms with Gasteiger partial charge in [0.1, 0.15) is 0 Å². The molecule has 0 saturated heterocycles. The van der Waals surface area contributed by atoms with Crippen LogP contribution in [0.4, 0.5) is 0 Å². The molecule has 0 amide bonds. The SMILES string of the molecule is CCCNC(COCCC)CC1CCC1. The molecule has 90 valence electrons. The van der Waals surface area contributed by atoms with E-state index in [1.54, 1.807) is 0 Å². The first-order valence-corrected chi connectivity index (χ1v) is 6.68. The molecule has 0 aromatic rings. The number of hydrogen-bond donors (Lipinski definition) is 1. The zero-order valence-corrected chi connectivity index (χ0v) is 10.4. The lowest BCUT2D eigenvalue weighted by Gasteiger charge is -2.30. The fraction of sp³-hybridized carbons (Fsp3) is 1.00. The van der Waals surface area contributed by atoms with Gasteiger partial charge in [0.05, 0.1) is 6.61 Å². The molecule has 1 N–H and O–H groups in total. The minimum absolute atomic E-state index is 0.599. The first-order valence-electron chi connectivity index (χ1n) is 6.68. The highest BCUT2D eigenvalue weighted by molar-refractivity contribution is 4.77. The van der Waals surface area contributed by atoms with Crippen LogP contribution >= 0.6 is 0 Å². The van der Waals surface area contributed by atoms with Gasteiger partial charge in [-0.05, 0) is 31.7 Å². The lowest BCUT2D eigenvalue weighted by atomic mass is 9.81. The molecule has 15 heavy (non-hydrogen) atoms. The Balaban J connectivity index is 2.11. The van der Waals surface area contributed by atoms with E-state index < -0.39 is 0 Å². The molecule has 0 aliphatic heterocycles. The molecule has 1 aliphatic carbocycles. The number of rotatable bonds is 9. The minimum atomic E-state index is 0.599. The van der Waals surface area contributed by atoms with Crippen LogP contribution in [0.25, 0.3) is 0 Å². The van der Waals surface area contributed by atoms with Crippen molar-refractivity contribution in [2.75, 3.05) is 19.8 Å². The van der Waals surface area contributed by atoms with Gasteiger partial charge in [-0.2, -0.15) is 0 Å². The van der Waals surface area contributed by atoms with Crippen LogP contribution in [0.5, 0.6) is 0 Å². The molecule has 2 nitrogen and oxygen atoms in total. The van der Waals surface area contributed by atoms with Crippen molar-refractivity contribution < 1.29 is 4.74 Å². The fourth-order valence-corrected chi connectivity index (χ4v) is 2.06. The van der Waals surface area contributed by atoms with E-state index in [0.29, 0.717) is 6.04 Å². The Labute approximate surface area is 94.8 Å². The van der Waals surface area contributed by atoms with Crippen LogP contribution in [0.1, 0.15) is 52.4 Å². The maximum absolute atomic E-state index is 5.65. The van der Waals surface area contributed by atoms with Crippen molar-refractivity contribution in [3.8, 4) is 0 Å². The minimum Gasteiger partial charge on any atom is -0.380 e. The Hall–Kier alpha value is -0.0800. The maximum Gasteiger partial charge on any atom is 0.0619 e. The van der Waals surface area contributed by atoms with E-state index in [-0.39, 0.29) is 0 Å². The van der Waals surface area contributed by atoms with Gasteiger partial charge in [0, 0.05) is 12.6 Å². The van der Waals surface area contributed by atoms with Gasteiger partial charge >= 0.3 is 0 Å². The van der Waals surface area contributed by atoms with E-state index in [1.165, 1.54) is 32.1 Å². The van der Waals surface area contributed by atoms with Gasteiger partial charge in [-0.1, -0.05) is 33.1 Å². The van der Waals surface area contributed by atoms with Gasteiger partial charge in [-0.25, -0.2) is 0 Å². The predicted octanol–water partition coefficient (Wildman–Crippen LogP) is 2.97. The Morgan fingerprint density at radius 1 is 1.27 bits per heavy atom. The molecule has 0 aromatic heterocycles. The first kappa shape index (κ1) is 13.0. The third-order valence-electron chi connectivity index (χ3n) is 3.19. The summed E-state index contributed by atoms with van der Waals surface area (Å²) in [6.45, 7) is 7.34. The lowest BCUT2D eigenvalue weighted by Crippen LogP contribution is -2.37. The van der Waals surface area contributed by atoms with E-state index in [1.807, 2.05) is 0 Å². The topological polar surface area (TPSA) is 21.3 Å². The molecular formula is C13H27NO. The average molecular weight is 213 g/mol. The molecule has 1 atom stereocenters. The Kier molecular flexibility index (Phi) is 7.03. The van der Waals surface area contributed by atoms with Crippen LogP contribution in [0.2, 0.25) is 0 Å².